The first-order valence-corrected chi connectivity index (χ1v) is 5.45. The lowest BCUT2D eigenvalue weighted by Gasteiger charge is -2.40. The molecular formula is C13H16O4. The van der Waals surface area contributed by atoms with E-state index >= 15 is 0 Å². The third-order valence-electron chi connectivity index (χ3n) is 3.29. The zero-order valence-electron chi connectivity index (χ0n) is 10.3. The largest absolute Gasteiger partial charge is 0.497 e. The van der Waals surface area contributed by atoms with Crippen molar-refractivity contribution >= 4 is 5.78 Å². The molecule has 1 fully saturated rings. The number of ketones is 1. The van der Waals surface area contributed by atoms with Gasteiger partial charge in [-0.3, -0.25) is 4.79 Å². The van der Waals surface area contributed by atoms with Gasteiger partial charge in [-0.15, -0.1) is 0 Å². The molecule has 0 aromatic heterocycles. The minimum absolute atomic E-state index is 0.0929. The molecule has 1 aliphatic rings. The van der Waals surface area contributed by atoms with Gasteiger partial charge < -0.3 is 14.2 Å². The SMILES string of the molecule is COc1ccc(OC)c(C2(C(C)=O)COC2)c1. The van der Waals surface area contributed by atoms with E-state index in [2.05, 4.69) is 0 Å². The van der Waals surface area contributed by atoms with Crippen molar-refractivity contribution in [3.63, 3.8) is 0 Å². The van der Waals surface area contributed by atoms with Crippen LogP contribution in [0.4, 0.5) is 0 Å². The van der Waals surface area contributed by atoms with Gasteiger partial charge in [-0.1, -0.05) is 0 Å². The van der Waals surface area contributed by atoms with Crippen LogP contribution in [-0.2, 0) is 14.9 Å². The Balaban J connectivity index is 2.51. The summed E-state index contributed by atoms with van der Waals surface area (Å²) in [5.74, 6) is 1.51. The highest BCUT2D eigenvalue weighted by atomic mass is 16.5. The first-order valence-electron chi connectivity index (χ1n) is 5.45. The molecule has 0 unspecified atom stereocenters. The number of Topliss-reactive ketones (excluding diaryl/α,β-unsaturated/α-hetero) is 1. The molecule has 1 saturated heterocycles. The Hall–Kier alpha value is -1.55. The van der Waals surface area contributed by atoms with Crippen molar-refractivity contribution in [2.45, 2.75) is 12.3 Å². The molecule has 1 heterocycles. The molecule has 2 rings (SSSR count). The van der Waals surface area contributed by atoms with E-state index in [4.69, 9.17) is 14.2 Å². The molecular weight excluding hydrogens is 220 g/mol. The lowest BCUT2D eigenvalue weighted by atomic mass is 9.75. The summed E-state index contributed by atoms with van der Waals surface area (Å²) in [6.07, 6.45) is 0. The molecule has 0 atom stereocenters. The second kappa shape index (κ2) is 4.37. The van der Waals surface area contributed by atoms with Gasteiger partial charge in [-0.25, -0.2) is 0 Å². The van der Waals surface area contributed by atoms with Crippen LogP contribution in [0.3, 0.4) is 0 Å². The van der Waals surface area contributed by atoms with E-state index in [1.165, 1.54) is 0 Å². The number of benzene rings is 1. The van der Waals surface area contributed by atoms with Crippen molar-refractivity contribution in [2.24, 2.45) is 0 Å². The molecule has 0 aliphatic carbocycles. The maximum absolute atomic E-state index is 11.8. The molecule has 0 N–H and O–H groups in total. The fraction of sp³-hybridized carbons (Fsp3) is 0.462. The Bertz CT molecular complexity index is 435. The standard InChI is InChI=1S/C13H16O4/c1-9(14)13(7-17-8-13)11-6-10(15-2)4-5-12(11)16-3/h4-6H,7-8H2,1-3H3. The van der Waals surface area contributed by atoms with Gasteiger partial charge in [0, 0.05) is 5.56 Å². The summed E-state index contributed by atoms with van der Waals surface area (Å²) < 4.78 is 15.7. The average molecular weight is 236 g/mol. The van der Waals surface area contributed by atoms with Gasteiger partial charge in [-0.05, 0) is 25.1 Å². The highest BCUT2D eigenvalue weighted by molar-refractivity contribution is 5.90. The van der Waals surface area contributed by atoms with E-state index in [0.717, 1.165) is 5.56 Å². The van der Waals surface area contributed by atoms with Gasteiger partial charge >= 0.3 is 0 Å². The summed E-state index contributed by atoms with van der Waals surface area (Å²) in [6, 6.07) is 5.48. The smallest absolute Gasteiger partial charge is 0.145 e. The minimum Gasteiger partial charge on any atom is -0.497 e. The normalized spacial score (nSPS) is 17.1. The minimum atomic E-state index is -0.570. The average Bonchev–Trinajstić information content (AvgIpc) is 2.27. The van der Waals surface area contributed by atoms with Crippen LogP contribution in [0.2, 0.25) is 0 Å². The van der Waals surface area contributed by atoms with Gasteiger partial charge in [0.1, 0.15) is 22.7 Å². The lowest BCUT2D eigenvalue weighted by molar-refractivity contribution is -0.140. The zero-order valence-corrected chi connectivity index (χ0v) is 10.3. The van der Waals surface area contributed by atoms with E-state index in [1.54, 1.807) is 21.1 Å². The summed E-state index contributed by atoms with van der Waals surface area (Å²) in [7, 11) is 3.20. The Morgan fingerprint density at radius 2 is 2.00 bits per heavy atom. The molecule has 1 aliphatic heterocycles. The molecule has 0 saturated carbocycles. The predicted molar refractivity (Wildman–Crippen MR) is 62.7 cm³/mol. The van der Waals surface area contributed by atoms with E-state index in [9.17, 15) is 4.79 Å². The first kappa shape index (κ1) is 11.9. The van der Waals surface area contributed by atoms with Crippen LogP contribution in [0.25, 0.3) is 0 Å². The van der Waals surface area contributed by atoms with Gasteiger partial charge in [0.05, 0.1) is 27.4 Å². The Labute approximate surface area is 100 Å². The second-order valence-corrected chi connectivity index (χ2v) is 4.20. The number of carbonyl (C=O) groups excluding carboxylic acids is 1. The summed E-state index contributed by atoms with van der Waals surface area (Å²) in [4.78, 5) is 11.8. The number of rotatable bonds is 4. The molecule has 0 radical (unpaired) electrons. The van der Waals surface area contributed by atoms with Crippen LogP contribution < -0.4 is 9.47 Å². The number of hydrogen-bond acceptors (Lipinski definition) is 4. The van der Waals surface area contributed by atoms with Gasteiger partial charge in [0.2, 0.25) is 0 Å². The molecule has 0 bridgehead atoms. The molecule has 0 spiro atoms. The summed E-state index contributed by atoms with van der Waals surface area (Å²) >= 11 is 0. The summed E-state index contributed by atoms with van der Waals surface area (Å²) in [5, 5.41) is 0. The van der Waals surface area contributed by atoms with Crippen LogP contribution in [0.5, 0.6) is 11.5 Å². The third-order valence-corrected chi connectivity index (χ3v) is 3.29. The highest BCUT2D eigenvalue weighted by Crippen LogP contribution is 2.40. The number of ether oxygens (including phenoxy) is 3. The van der Waals surface area contributed by atoms with Crippen LogP contribution in [0, 0.1) is 0 Å². The quantitative estimate of drug-likeness (QED) is 0.795. The van der Waals surface area contributed by atoms with Gasteiger partial charge in [0.15, 0.2) is 0 Å². The highest BCUT2D eigenvalue weighted by Gasteiger charge is 2.47. The molecule has 4 heteroatoms. The van der Waals surface area contributed by atoms with E-state index in [0.29, 0.717) is 24.7 Å². The number of hydrogen-bond donors (Lipinski definition) is 0. The van der Waals surface area contributed by atoms with Gasteiger partial charge in [0.25, 0.3) is 0 Å². The van der Waals surface area contributed by atoms with Crippen molar-refractivity contribution in [2.75, 3.05) is 27.4 Å². The lowest BCUT2D eigenvalue weighted by Crippen LogP contribution is -2.52. The summed E-state index contributed by atoms with van der Waals surface area (Å²) in [5.41, 5.74) is 0.276. The Morgan fingerprint density at radius 3 is 2.41 bits per heavy atom. The van der Waals surface area contributed by atoms with E-state index < -0.39 is 5.41 Å². The second-order valence-electron chi connectivity index (χ2n) is 4.20. The van der Waals surface area contributed by atoms with Gasteiger partial charge in [-0.2, -0.15) is 0 Å². The van der Waals surface area contributed by atoms with Crippen LogP contribution in [-0.4, -0.2) is 33.2 Å². The Morgan fingerprint density at radius 1 is 1.29 bits per heavy atom. The van der Waals surface area contributed by atoms with Crippen molar-refractivity contribution in [1.82, 2.24) is 0 Å². The van der Waals surface area contributed by atoms with Crippen molar-refractivity contribution in [3.8, 4) is 11.5 Å². The molecule has 1 aromatic carbocycles. The number of carbonyl (C=O) groups is 1. The molecule has 0 amide bonds. The monoisotopic (exact) mass is 236 g/mol. The van der Waals surface area contributed by atoms with Crippen LogP contribution >= 0.6 is 0 Å². The van der Waals surface area contributed by atoms with Crippen LogP contribution in [0.1, 0.15) is 12.5 Å². The first-order chi connectivity index (χ1) is 8.14. The van der Waals surface area contributed by atoms with Crippen molar-refractivity contribution < 1.29 is 19.0 Å². The maximum Gasteiger partial charge on any atom is 0.145 e. The van der Waals surface area contributed by atoms with Crippen LogP contribution in [0.15, 0.2) is 18.2 Å². The Kier molecular flexibility index (Phi) is 3.07. The molecule has 17 heavy (non-hydrogen) atoms. The third kappa shape index (κ3) is 1.78. The van der Waals surface area contributed by atoms with E-state index in [-0.39, 0.29) is 5.78 Å². The predicted octanol–water partition coefficient (Wildman–Crippen LogP) is 1.56. The van der Waals surface area contributed by atoms with Crippen molar-refractivity contribution in [1.29, 1.82) is 0 Å². The number of methoxy groups -OCH3 is 2. The van der Waals surface area contributed by atoms with Crippen molar-refractivity contribution in [3.05, 3.63) is 23.8 Å². The zero-order chi connectivity index (χ0) is 12.5. The fourth-order valence-corrected chi connectivity index (χ4v) is 2.04. The topological polar surface area (TPSA) is 44.8 Å². The molecule has 1 aromatic rings. The molecule has 4 nitrogen and oxygen atoms in total. The summed E-state index contributed by atoms with van der Waals surface area (Å²) in [6.45, 7) is 2.40. The molecule has 92 valence electrons. The van der Waals surface area contributed by atoms with E-state index in [1.807, 2.05) is 18.2 Å². The maximum atomic E-state index is 11.8. The fourth-order valence-electron chi connectivity index (χ4n) is 2.04.